The van der Waals surface area contributed by atoms with Gasteiger partial charge in [-0.2, -0.15) is 0 Å². The zero-order valence-corrected chi connectivity index (χ0v) is 8.60. The highest BCUT2D eigenvalue weighted by Crippen LogP contribution is 2.12. The number of hydrogen-bond acceptors (Lipinski definition) is 3. The van der Waals surface area contributed by atoms with Gasteiger partial charge in [0.25, 0.3) is 0 Å². The molecule has 0 heterocycles. The number of rotatable bonds is 6. The van der Waals surface area contributed by atoms with Crippen LogP contribution in [0.25, 0.3) is 0 Å². The molecule has 0 bridgehead atoms. The van der Waals surface area contributed by atoms with Crippen molar-refractivity contribution in [2.75, 3.05) is 20.3 Å². The highest BCUT2D eigenvalue weighted by atomic mass is 16.5. The summed E-state index contributed by atoms with van der Waals surface area (Å²) in [5.74, 6) is -0.107. The Morgan fingerprint density at radius 3 is 2.47 bits per heavy atom. The molecule has 0 aliphatic rings. The van der Waals surface area contributed by atoms with Crippen LogP contribution in [0.2, 0.25) is 0 Å². The summed E-state index contributed by atoms with van der Waals surface area (Å²) in [4.78, 5) is 10.4. The number of benzene rings is 1. The standard InChI is InChI=1S/C11H14O4/c1-14-6-7-15-10-4-2-9(3-5-10)8-11(12)13/h2-5H,6-8H2,1H3,(H,12,13). The first kappa shape index (κ1) is 11.5. The third kappa shape index (κ3) is 4.46. The average Bonchev–Trinajstić information content (AvgIpc) is 2.20. The van der Waals surface area contributed by atoms with Crippen molar-refractivity contribution in [1.82, 2.24) is 0 Å². The smallest absolute Gasteiger partial charge is 0.307 e. The highest BCUT2D eigenvalue weighted by molar-refractivity contribution is 5.70. The van der Waals surface area contributed by atoms with Crippen molar-refractivity contribution in [2.24, 2.45) is 0 Å². The van der Waals surface area contributed by atoms with Crippen LogP contribution in [-0.2, 0) is 16.0 Å². The molecule has 1 aromatic rings. The lowest BCUT2D eigenvalue weighted by Crippen LogP contribution is -2.04. The van der Waals surface area contributed by atoms with Crippen LogP contribution in [0.15, 0.2) is 24.3 Å². The molecular weight excluding hydrogens is 196 g/mol. The lowest BCUT2D eigenvalue weighted by atomic mass is 10.1. The first-order chi connectivity index (χ1) is 7.22. The largest absolute Gasteiger partial charge is 0.491 e. The zero-order chi connectivity index (χ0) is 11.1. The first-order valence-corrected chi connectivity index (χ1v) is 4.65. The average molecular weight is 210 g/mol. The van der Waals surface area contributed by atoms with E-state index in [0.717, 1.165) is 11.3 Å². The summed E-state index contributed by atoms with van der Waals surface area (Å²) in [6, 6.07) is 7.01. The first-order valence-electron chi connectivity index (χ1n) is 4.65. The minimum Gasteiger partial charge on any atom is -0.491 e. The maximum Gasteiger partial charge on any atom is 0.307 e. The molecule has 4 heteroatoms. The number of carboxylic acid groups (broad SMARTS) is 1. The molecule has 0 saturated heterocycles. The quantitative estimate of drug-likeness (QED) is 0.720. The zero-order valence-electron chi connectivity index (χ0n) is 8.60. The minimum atomic E-state index is -0.831. The Morgan fingerprint density at radius 1 is 1.27 bits per heavy atom. The van der Waals surface area contributed by atoms with Crippen molar-refractivity contribution in [3.63, 3.8) is 0 Å². The van der Waals surface area contributed by atoms with Gasteiger partial charge < -0.3 is 14.6 Å². The molecular formula is C11H14O4. The van der Waals surface area contributed by atoms with Gasteiger partial charge in [0.05, 0.1) is 13.0 Å². The van der Waals surface area contributed by atoms with E-state index in [1.165, 1.54) is 0 Å². The lowest BCUT2D eigenvalue weighted by Gasteiger charge is -2.05. The van der Waals surface area contributed by atoms with E-state index in [1.807, 2.05) is 0 Å². The molecule has 0 unspecified atom stereocenters. The van der Waals surface area contributed by atoms with E-state index < -0.39 is 5.97 Å². The molecule has 0 radical (unpaired) electrons. The molecule has 4 nitrogen and oxygen atoms in total. The van der Waals surface area contributed by atoms with E-state index in [4.69, 9.17) is 14.6 Å². The molecule has 0 aliphatic heterocycles. The maximum atomic E-state index is 10.4. The van der Waals surface area contributed by atoms with E-state index in [0.29, 0.717) is 13.2 Å². The number of carboxylic acids is 1. The fourth-order valence-electron chi connectivity index (χ4n) is 1.12. The molecule has 0 spiro atoms. The summed E-state index contributed by atoms with van der Waals surface area (Å²) in [6.45, 7) is 1.03. The third-order valence-electron chi connectivity index (χ3n) is 1.83. The molecule has 0 aliphatic carbocycles. The van der Waals surface area contributed by atoms with E-state index in [1.54, 1.807) is 31.4 Å². The second kappa shape index (κ2) is 6.03. The lowest BCUT2D eigenvalue weighted by molar-refractivity contribution is -0.136. The van der Waals surface area contributed by atoms with Gasteiger partial charge in [0, 0.05) is 7.11 Å². The Bertz CT molecular complexity index is 305. The maximum absolute atomic E-state index is 10.4. The Balaban J connectivity index is 2.45. The number of hydrogen-bond donors (Lipinski definition) is 1. The summed E-state index contributed by atoms with van der Waals surface area (Å²) < 4.78 is 10.2. The van der Waals surface area contributed by atoms with Crippen molar-refractivity contribution in [2.45, 2.75) is 6.42 Å². The fraction of sp³-hybridized carbons (Fsp3) is 0.364. The van der Waals surface area contributed by atoms with Crippen molar-refractivity contribution >= 4 is 5.97 Å². The van der Waals surface area contributed by atoms with E-state index in [-0.39, 0.29) is 6.42 Å². The van der Waals surface area contributed by atoms with E-state index in [9.17, 15) is 4.79 Å². The van der Waals surface area contributed by atoms with Crippen molar-refractivity contribution in [1.29, 1.82) is 0 Å². The predicted molar refractivity (Wildman–Crippen MR) is 55.2 cm³/mol. The molecule has 0 amide bonds. The number of methoxy groups -OCH3 is 1. The summed E-state index contributed by atoms with van der Waals surface area (Å²) >= 11 is 0. The topological polar surface area (TPSA) is 55.8 Å². The summed E-state index contributed by atoms with van der Waals surface area (Å²) in [6.07, 6.45) is 0.0400. The van der Waals surface area contributed by atoms with Crippen molar-refractivity contribution < 1.29 is 19.4 Å². The summed E-state index contributed by atoms with van der Waals surface area (Å²) in [7, 11) is 1.61. The Hall–Kier alpha value is -1.55. The Morgan fingerprint density at radius 2 is 1.93 bits per heavy atom. The number of carbonyl (C=O) groups is 1. The van der Waals surface area contributed by atoms with Gasteiger partial charge >= 0.3 is 5.97 Å². The molecule has 15 heavy (non-hydrogen) atoms. The van der Waals surface area contributed by atoms with Gasteiger partial charge in [-0.3, -0.25) is 4.79 Å². The second-order valence-electron chi connectivity index (χ2n) is 3.06. The van der Waals surface area contributed by atoms with E-state index >= 15 is 0 Å². The van der Waals surface area contributed by atoms with Crippen molar-refractivity contribution in [3.05, 3.63) is 29.8 Å². The van der Waals surface area contributed by atoms with Crippen LogP contribution >= 0.6 is 0 Å². The van der Waals surface area contributed by atoms with Crippen LogP contribution in [0, 0.1) is 0 Å². The fourth-order valence-corrected chi connectivity index (χ4v) is 1.12. The molecule has 0 fully saturated rings. The van der Waals surface area contributed by atoms with Crippen LogP contribution in [-0.4, -0.2) is 31.4 Å². The van der Waals surface area contributed by atoms with Gasteiger partial charge in [0.15, 0.2) is 0 Å². The highest BCUT2D eigenvalue weighted by Gasteiger charge is 2.00. The predicted octanol–water partition coefficient (Wildman–Crippen LogP) is 1.34. The van der Waals surface area contributed by atoms with Crippen LogP contribution < -0.4 is 4.74 Å². The monoisotopic (exact) mass is 210 g/mol. The molecule has 82 valence electrons. The van der Waals surface area contributed by atoms with Gasteiger partial charge in [-0.25, -0.2) is 0 Å². The molecule has 0 saturated carbocycles. The van der Waals surface area contributed by atoms with Gasteiger partial charge in [-0.05, 0) is 17.7 Å². The third-order valence-corrected chi connectivity index (χ3v) is 1.83. The minimum absolute atomic E-state index is 0.0400. The Labute approximate surface area is 88.4 Å². The van der Waals surface area contributed by atoms with Crippen LogP contribution in [0.4, 0.5) is 0 Å². The van der Waals surface area contributed by atoms with E-state index in [2.05, 4.69) is 0 Å². The summed E-state index contributed by atoms with van der Waals surface area (Å²) in [5, 5.41) is 8.56. The number of aliphatic carboxylic acids is 1. The molecule has 0 aromatic heterocycles. The van der Waals surface area contributed by atoms with Gasteiger partial charge in [0.2, 0.25) is 0 Å². The molecule has 0 atom stereocenters. The summed E-state index contributed by atoms with van der Waals surface area (Å²) in [5.41, 5.74) is 0.765. The Kier molecular flexibility index (Phi) is 4.63. The molecule has 1 rings (SSSR count). The molecule has 1 aromatic carbocycles. The molecule has 1 N–H and O–H groups in total. The normalized spacial score (nSPS) is 9.93. The second-order valence-corrected chi connectivity index (χ2v) is 3.06. The van der Waals surface area contributed by atoms with Crippen LogP contribution in [0.3, 0.4) is 0 Å². The van der Waals surface area contributed by atoms with Crippen molar-refractivity contribution in [3.8, 4) is 5.75 Å². The van der Waals surface area contributed by atoms with Gasteiger partial charge in [-0.15, -0.1) is 0 Å². The van der Waals surface area contributed by atoms with Crippen LogP contribution in [0.1, 0.15) is 5.56 Å². The van der Waals surface area contributed by atoms with Gasteiger partial charge in [-0.1, -0.05) is 12.1 Å². The van der Waals surface area contributed by atoms with Crippen LogP contribution in [0.5, 0.6) is 5.75 Å². The van der Waals surface area contributed by atoms with Gasteiger partial charge in [0.1, 0.15) is 12.4 Å². The SMILES string of the molecule is COCCOc1ccc(CC(=O)O)cc1. The number of ether oxygens (including phenoxy) is 2.